The summed E-state index contributed by atoms with van der Waals surface area (Å²) in [6, 6.07) is 15.2. The van der Waals surface area contributed by atoms with Gasteiger partial charge < -0.3 is 5.32 Å². The molecule has 23 heavy (non-hydrogen) atoms. The number of fused-ring (bicyclic) bond motifs is 1. The minimum atomic E-state index is -0.134. The van der Waals surface area contributed by atoms with Crippen molar-refractivity contribution in [1.29, 1.82) is 0 Å². The lowest BCUT2D eigenvalue weighted by Gasteiger charge is -2.06. The Hall–Kier alpha value is -2.33. The molecular weight excluding hydrogens is 310 g/mol. The van der Waals surface area contributed by atoms with Crippen molar-refractivity contribution >= 4 is 28.4 Å². The number of halogens is 1. The Morgan fingerprint density at radius 2 is 1.87 bits per heavy atom. The minimum Gasteiger partial charge on any atom is -0.346 e. The number of rotatable bonds is 4. The second kappa shape index (κ2) is 6.42. The molecule has 1 N–H and O–H groups in total. The van der Waals surface area contributed by atoms with Crippen LogP contribution in [-0.2, 0) is 6.54 Å². The van der Waals surface area contributed by atoms with E-state index < -0.39 is 0 Å². The maximum absolute atomic E-state index is 12.2. The lowest BCUT2D eigenvalue weighted by atomic mass is 10.2. The fourth-order valence-electron chi connectivity index (χ4n) is 2.55. The van der Waals surface area contributed by atoms with Crippen molar-refractivity contribution in [3.8, 4) is 0 Å². The summed E-state index contributed by atoms with van der Waals surface area (Å²) in [6.07, 6.45) is 0. The van der Waals surface area contributed by atoms with Crippen molar-refractivity contribution in [1.82, 2.24) is 15.1 Å². The number of hydrogen-bond acceptors (Lipinski definition) is 2. The maximum atomic E-state index is 12.2. The fourth-order valence-corrected chi connectivity index (χ4v) is 2.67. The summed E-state index contributed by atoms with van der Waals surface area (Å²) in [4.78, 5) is 12.2. The molecule has 0 radical (unpaired) electrons. The van der Waals surface area contributed by atoms with E-state index in [1.807, 2.05) is 28.9 Å². The van der Waals surface area contributed by atoms with Crippen molar-refractivity contribution in [3.63, 3.8) is 0 Å². The first kappa shape index (κ1) is 15.6. The average molecular weight is 328 g/mol. The molecule has 3 rings (SSSR count). The molecular formula is C18H18ClN3O. The third-order valence-electron chi connectivity index (χ3n) is 3.70. The molecule has 0 saturated heterocycles. The molecule has 0 aliphatic rings. The van der Waals surface area contributed by atoms with Gasteiger partial charge in [-0.1, -0.05) is 29.8 Å². The molecule has 0 saturated carbocycles. The van der Waals surface area contributed by atoms with Crippen molar-refractivity contribution in [2.75, 3.05) is 0 Å². The summed E-state index contributed by atoms with van der Waals surface area (Å²) in [6.45, 7) is 4.58. The van der Waals surface area contributed by atoms with Crippen LogP contribution in [0.4, 0.5) is 0 Å². The fraction of sp³-hybridized carbons (Fsp3) is 0.222. The second-order valence-corrected chi connectivity index (χ2v) is 6.13. The monoisotopic (exact) mass is 327 g/mol. The van der Waals surface area contributed by atoms with Crippen molar-refractivity contribution in [3.05, 3.63) is 64.8 Å². The standard InChI is InChI=1S/C18H18ClN3O/c1-12(2)22-17-6-4-3-5-15(17)16(21-22)11-20-18(23)13-7-9-14(19)10-8-13/h3-10,12H,11H2,1-2H3,(H,20,23). The molecule has 0 fully saturated rings. The molecule has 2 aromatic carbocycles. The lowest BCUT2D eigenvalue weighted by Crippen LogP contribution is -2.23. The number of hydrogen-bond donors (Lipinski definition) is 1. The Morgan fingerprint density at radius 3 is 2.57 bits per heavy atom. The van der Waals surface area contributed by atoms with E-state index >= 15 is 0 Å². The van der Waals surface area contributed by atoms with Gasteiger partial charge in [-0.2, -0.15) is 5.10 Å². The SMILES string of the molecule is CC(C)n1nc(CNC(=O)c2ccc(Cl)cc2)c2ccccc21. The minimum absolute atomic E-state index is 0.134. The second-order valence-electron chi connectivity index (χ2n) is 5.69. The van der Waals surface area contributed by atoms with Gasteiger partial charge in [0.25, 0.3) is 5.91 Å². The molecule has 0 spiro atoms. The predicted octanol–water partition coefficient (Wildman–Crippen LogP) is 4.20. The van der Waals surface area contributed by atoms with E-state index in [0.717, 1.165) is 16.6 Å². The van der Waals surface area contributed by atoms with Crippen molar-refractivity contribution < 1.29 is 4.79 Å². The summed E-state index contributed by atoms with van der Waals surface area (Å²) >= 11 is 5.84. The summed E-state index contributed by atoms with van der Waals surface area (Å²) in [7, 11) is 0. The first-order valence-corrected chi connectivity index (χ1v) is 7.94. The predicted molar refractivity (Wildman–Crippen MR) is 92.7 cm³/mol. The summed E-state index contributed by atoms with van der Waals surface area (Å²) in [5.74, 6) is -0.134. The Bertz CT molecular complexity index is 837. The molecule has 1 aromatic heterocycles. The smallest absolute Gasteiger partial charge is 0.251 e. The van der Waals surface area contributed by atoms with Gasteiger partial charge >= 0.3 is 0 Å². The van der Waals surface area contributed by atoms with Crippen molar-refractivity contribution in [2.24, 2.45) is 0 Å². The van der Waals surface area contributed by atoms with Crippen molar-refractivity contribution in [2.45, 2.75) is 26.4 Å². The van der Waals surface area contributed by atoms with Gasteiger partial charge in [-0.15, -0.1) is 0 Å². The van der Waals surface area contributed by atoms with Crippen LogP contribution in [0.3, 0.4) is 0 Å². The van der Waals surface area contributed by atoms with Gasteiger partial charge in [-0.25, -0.2) is 0 Å². The largest absolute Gasteiger partial charge is 0.346 e. The molecule has 0 atom stereocenters. The van der Waals surface area contributed by atoms with Crippen LogP contribution in [0.1, 0.15) is 35.9 Å². The highest BCUT2D eigenvalue weighted by atomic mass is 35.5. The lowest BCUT2D eigenvalue weighted by molar-refractivity contribution is 0.0950. The number of amides is 1. The number of benzene rings is 2. The van der Waals surface area contributed by atoms with Gasteiger partial charge in [0.2, 0.25) is 0 Å². The summed E-state index contributed by atoms with van der Waals surface area (Å²) < 4.78 is 1.99. The van der Waals surface area contributed by atoms with E-state index in [4.69, 9.17) is 11.6 Å². The zero-order chi connectivity index (χ0) is 16.4. The van der Waals surface area contributed by atoms with Crippen LogP contribution in [0.25, 0.3) is 10.9 Å². The van der Waals surface area contributed by atoms with E-state index in [2.05, 4.69) is 24.3 Å². The van der Waals surface area contributed by atoms with E-state index in [0.29, 0.717) is 17.1 Å². The van der Waals surface area contributed by atoms with Gasteiger partial charge in [0, 0.05) is 22.0 Å². The van der Waals surface area contributed by atoms with E-state index in [9.17, 15) is 4.79 Å². The van der Waals surface area contributed by atoms with Gasteiger partial charge in [0.05, 0.1) is 17.8 Å². The molecule has 4 nitrogen and oxygen atoms in total. The molecule has 0 bridgehead atoms. The van der Waals surface area contributed by atoms with Gasteiger partial charge in [0.15, 0.2) is 0 Å². The van der Waals surface area contributed by atoms with Crippen LogP contribution in [0, 0.1) is 0 Å². The van der Waals surface area contributed by atoms with Crippen LogP contribution >= 0.6 is 11.6 Å². The topological polar surface area (TPSA) is 46.9 Å². The molecule has 1 heterocycles. The quantitative estimate of drug-likeness (QED) is 0.780. The number of nitrogens with one attached hydrogen (secondary N) is 1. The van der Waals surface area contributed by atoms with Crippen LogP contribution < -0.4 is 5.32 Å². The zero-order valence-electron chi connectivity index (χ0n) is 13.1. The number of carbonyl (C=O) groups is 1. The van der Waals surface area contributed by atoms with Gasteiger partial charge in [0.1, 0.15) is 0 Å². The van der Waals surface area contributed by atoms with Gasteiger partial charge in [-0.3, -0.25) is 9.48 Å². The third-order valence-corrected chi connectivity index (χ3v) is 3.95. The van der Waals surface area contributed by atoms with Crippen LogP contribution in [-0.4, -0.2) is 15.7 Å². The third kappa shape index (κ3) is 3.22. The molecule has 0 unspecified atom stereocenters. The zero-order valence-corrected chi connectivity index (χ0v) is 13.8. The van der Waals surface area contributed by atoms with Crippen LogP contribution in [0.5, 0.6) is 0 Å². The Balaban J connectivity index is 1.82. The highest BCUT2D eigenvalue weighted by Crippen LogP contribution is 2.21. The number of carbonyl (C=O) groups excluding carboxylic acids is 1. The molecule has 1 amide bonds. The maximum Gasteiger partial charge on any atom is 0.251 e. The Kier molecular flexibility index (Phi) is 4.35. The Morgan fingerprint density at radius 1 is 1.17 bits per heavy atom. The van der Waals surface area contributed by atoms with E-state index in [1.165, 1.54) is 0 Å². The highest BCUT2D eigenvalue weighted by Gasteiger charge is 2.13. The first-order chi connectivity index (χ1) is 11.1. The van der Waals surface area contributed by atoms with Gasteiger partial charge in [-0.05, 0) is 44.2 Å². The summed E-state index contributed by atoms with van der Waals surface area (Å²) in [5, 5.41) is 9.25. The average Bonchev–Trinajstić information content (AvgIpc) is 2.92. The molecule has 0 aliphatic carbocycles. The molecule has 3 aromatic rings. The number of aromatic nitrogens is 2. The molecule has 0 aliphatic heterocycles. The summed E-state index contributed by atoms with van der Waals surface area (Å²) in [5.41, 5.74) is 2.54. The molecule has 5 heteroatoms. The number of nitrogens with zero attached hydrogens (tertiary/aromatic N) is 2. The normalized spacial score (nSPS) is 11.1. The van der Waals surface area contributed by atoms with Crippen LogP contribution in [0.15, 0.2) is 48.5 Å². The van der Waals surface area contributed by atoms with E-state index in [1.54, 1.807) is 24.3 Å². The first-order valence-electron chi connectivity index (χ1n) is 7.56. The van der Waals surface area contributed by atoms with Crippen LogP contribution in [0.2, 0.25) is 5.02 Å². The van der Waals surface area contributed by atoms with E-state index in [-0.39, 0.29) is 11.9 Å². The molecule has 118 valence electrons. The Labute approximate surface area is 140 Å². The highest BCUT2D eigenvalue weighted by molar-refractivity contribution is 6.30. The number of para-hydroxylation sites is 1.